The molecule has 3 heteroatoms. The van der Waals surface area contributed by atoms with Gasteiger partial charge in [-0.2, -0.15) is 5.26 Å². The molecule has 0 aliphatic carbocycles. The molecule has 0 radical (unpaired) electrons. The Hall–Kier alpha value is -2.73. The van der Waals surface area contributed by atoms with Crippen LogP contribution in [0.25, 0.3) is 5.57 Å². The van der Waals surface area contributed by atoms with E-state index in [-0.39, 0.29) is 17.4 Å². The molecule has 2 rings (SSSR count). The Kier molecular flexibility index (Phi) is 4.85. The average molecular weight is 293 g/mol. The molecule has 0 aliphatic heterocycles. The molecule has 2 aromatic rings. The lowest BCUT2D eigenvalue weighted by Crippen LogP contribution is -1.95. The number of phenolic OH excluding ortho intramolecular Hbond substituents is 2. The molecule has 0 aromatic heterocycles. The van der Waals surface area contributed by atoms with E-state index in [0.717, 1.165) is 11.1 Å². The number of benzene rings is 2. The van der Waals surface area contributed by atoms with Crippen LogP contribution in [0.1, 0.15) is 36.5 Å². The number of aromatic hydroxyl groups is 2. The van der Waals surface area contributed by atoms with Crippen LogP contribution in [0.2, 0.25) is 0 Å². The molecule has 112 valence electrons. The van der Waals surface area contributed by atoms with E-state index < -0.39 is 0 Å². The predicted molar refractivity (Wildman–Crippen MR) is 87.6 cm³/mol. The molecule has 0 fully saturated rings. The van der Waals surface area contributed by atoms with Gasteiger partial charge in [0.2, 0.25) is 0 Å². The van der Waals surface area contributed by atoms with Gasteiger partial charge in [0.15, 0.2) is 0 Å². The summed E-state index contributed by atoms with van der Waals surface area (Å²) in [4.78, 5) is 0. The molecule has 0 saturated carbocycles. The van der Waals surface area contributed by atoms with Crippen LogP contribution in [-0.4, -0.2) is 10.2 Å². The van der Waals surface area contributed by atoms with Gasteiger partial charge in [-0.15, -0.1) is 0 Å². The SMILES string of the molecule is CC(C)c1c(O)cc(/C(=C/C#N)Cc2ccccc2)cc1O. The fourth-order valence-corrected chi connectivity index (χ4v) is 2.53. The van der Waals surface area contributed by atoms with Crippen molar-refractivity contribution in [3.63, 3.8) is 0 Å². The van der Waals surface area contributed by atoms with E-state index in [1.807, 2.05) is 50.2 Å². The Bertz CT molecular complexity index is 702. The third-order valence-electron chi connectivity index (χ3n) is 3.56. The minimum Gasteiger partial charge on any atom is -0.507 e. The van der Waals surface area contributed by atoms with Crippen LogP contribution < -0.4 is 0 Å². The molecule has 2 aromatic carbocycles. The molecule has 0 amide bonds. The summed E-state index contributed by atoms with van der Waals surface area (Å²) in [6.45, 7) is 3.81. The van der Waals surface area contributed by atoms with E-state index in [4.69, 9.17) is 5.26 Å². The normalized spacial score (nSPS) is 11.5. The molecule has 3 nitrogen and oxygen atoms in total. The highest BCUT2D eigenvalue weighted by Crippen LogP contribution is 2.37. The number of hydrogen-bond donors (Lipinski definition) is 2. The highest BCUT2D eigenvalue weighted by Gasteiger charge is 2.15. The van der Waals surface area contributed by atoms with Crippen LogP contribution >= 0.6 is 0 Å². The van der Waals surface area contributed by atoms with Crippen molar-refractivity contribution in [2.75, 3.05) is 0 Å². The first-order valence-electron chi connectivity index (χ1n) is 7.21. The van der Waals surface area contributed by atoms with Gasteiger partial charge in [0.1, 0.15) is 11.5 Å². The van der Waals surface area contributed by atoms with E-state index in [1.54, 1.807) is 12.1 Å². The Morgan fingerprint density at radius 3 is 2.23 bits per heavy atom. The molecule has 0 spiro atoms. The summed E-state index contributed by atoms with van der Waals surface area (Å²) < 4.78 is 0. The van der Waals surface area contributed by atoms with Gasteiger partial charge >= 0.3 is 0 Å². The molecule has 22 heavy (non-hydrogen) atoms. The zero-order chi connectivity index (χ0) is 16.1. The van der Waals surface area contributed by atoms with E-state index in [2.05, 4.69) is 0 Å². The highest BCUT2D eigenvalue weighted by atomic mass is 16.3. The van der Waals surface area contributed by atoms with Crippen molar-refractivity contribution in [3.05, 3.63) is 65.2 Å². The first kappa shape index (κ1) is 15.7. The van der Waals surface area contributed by atoms with Gasteiger partial charge in [-0.25, -0.2) is 0 Å². The van der Waals surface area contributed by atoms with E-state index in [0.29, 0.717) is 17.5 Å². The summed E-state index contributed by atoms with van der Waals surface area (Å²) in [7, 11) is 0. The van der Waals surface area contributed by atoms with E-state index >= 15 is 0 Å². The average Bonchev–Trinajstić information content (AvgIpc) is 2.46. The summed E-state index contributed by atoms with van der Waals surface area (Å²) in [5, 5.41) is 29.3. The monoisotopic (exact) mass is 293 g/mol. The minimum absolute atomic E-state index is 0.0200. The summed E-state index contributed by atoms with van der Waals surface area (Å²) >= 11 is 0. The molecular formula is C19H19NO2. The maximum Gasteiger partial charge on any atom is 0.123 e. The number of nitriles is 1. The topological polar surface area (TPSA) is 64.2 Å². The summed E-state index contributed by atoms with van der Waals surface area (Å²) in [5.74, 6) is 0.135. The predicted octanol–water partition coefficient (Wildman–Crippen LogP) is 4.37. The molecule has 2 N–H and O–H groups in total. The number of phenols is 2. The number of nitrogens with zero attached hydrogens (tertiary/aromatic N) is 1. The van der Waals surface area contributed by atoms with Gasteiger partial charge in [0.05, 0.1) is 6.07 Å². The second-order valence-corrected chi connectivity index (χ2v) is 5.54. The number of hydrogen-bond acceptors (Lipinski definition) is 3. The standard InChI is InChI=1S/C19H19NO2/c1-13(2)19-17(21)11-16(12-18(19)22)15(8-9-20)10-14-6-4-3-5-7-14/h3-8,11-13,21-22H,10H2,1-2H3/b15-8+. The van der Waals surface area contributed by atoms with Gasteiger partial charge in [-0.3, -0.25) is 0 Å². The zero-order valence-corrected chi connectivity index (χ0v) is 12.7. The van der Waals surface area contributed by atoms with Crippen LogP contribution in [0.3, 0.4) is 0 Å². The minimum atomic E-state index is 0.0200. The van der Waals surface area contributed by atoms with E-state index in [1.165, 1.54) is 6.08 Å². The maximum absolute atomic E-state index is 10.2. The Morgan fingerprint density at radius 2 is 1.73 bits per heavy atom. The van der Waals surface area contributed by atoms with Gasteiger partial charge < -0.3 is 10.2 Å². The highest BCUT2D eigenvalue weighted by molar-refractivity contribution is 5.72. The fraction of sp³-hybridized carbons (Fsp3) is 0.211. The lowest BCUT2D eigenvalue weighted by atomic mass is 9.93. The van der Waals surface area contributed by atoms with Crippen molar-refractivity contribution in [1.82, 2.24) is 0 Å². The summed E-state index contributed by atoms with van der Waals surface area (Å²) in [6, 6.07) is 15.0. The van der Waals surface area contributed by atoms with Gasteiger partial charge in [-0.05, 0) is 41.2 Å². The fourth-order valence-electron chi connectivity index (χ4n) is 2.53. The molecule has 0 heterocycles. The third kappa shape index (κ3) is 3.48. The first-order chi connectivity index (χ1) is 10.5. The van der Waals surface area contributed by atoms with Crippen LogP contribution in [0.4, 0.5) is 0 Å². The second kappa shape index (κ2) is 6.82. The zero-order valence-electron chi connectivity index (χ0n) is 12.7. The van der Waals surface area contributed by atoms with Crippen LogP contribution in [0.5, 0.6) is 11.5 Å². The second-order valence-electron chi connectivity index (χ2n) is 5.54. The summed E-state index contributed by atoms with van der Waals surface area (Å²) in [6.07, 6.45) is 2.02. The van der Waals surface area contributed by atoms with Crippen molar-refractivity contribution in [2.45, 2.75) is 26.2 Å². The van der Waals surface area contributed by atoms with Crippen molar-refractivity contribution in [1.29, 1.82) is 5.26 Å². The molecule has 0 bridgehead atoms. The molecule has 0 unspecified atom stereocenters. The van der Waals surface area contributed by atoms with Crippen LogP contribution in [0.15, 0.2) is 48.5 Å². The van der Waals surface area contributed by atoms with Gasteiger partial charge in [-0.1, -0.05) is 44.2 Å². The first-order valence-corrected chi connectivity index (χ1v) is 7.21. The number of allylic oxidation sites excluding steroid dienone is 2. The Balaban J connectivity index is 2.43. The lowest BCUT2D eigenvalue weighted by Gasteiger charge is -2.14. The Labute approximate surface area is 130 Å². The molecule has 0 aliphatic rings. The molecular weight excluding hydrogens is 274 g/mol. The largest absolute Gasteiger partial charge is 0.507 e. The van der Waals surface area contributed by atoms with Crippen molar-refractivity contribution < 1.29 is 10.2 Å². The lowest BCUT2D eigenvalue weighted by molar-refractivity contribution is 0.433. The quantitative estimate of drug-likeness (QED) is 0.823. The van der Waals surface area contributed by atoms with Gasteiger partial charge in [0, 0.05) is 11.6 Å². The number of rotatable bonds is 4. The van der Waals surface area contributed by atoms with Crippen molar-refractivity contribution in [3.8, 4) is 17.6 Å². The van der Waals surface area contributed by atoms with Crippen LogP contribution in [0, 0.1) is 11.3 Å². The smallest absolute Gasteiger partial charge is 0.123 e. The third-order valence-corrected chi connectivity index (χ3v) is 3.56. The maximum atomic E-state index is 10.2. The molecule has 0 saturated heterocycles. The summed E-state index contributed by atoms with van der Waals surface area (Å²) in [5.41, 5.74) is 3.01. The van der Waals surface area contributed by atoms with Gasteiger partial charge in [0.25, 0.3) is 0 Å². The van der Waals surface area contributed by atoms with Crippen molar-refractivity contribution >= 4 is 5.57 Å². The Morgan fingerprint density at radius 1 is 1.14 bits per heavy atom. The molecule has 0 atom stereocenters. The van der Waals surface area contributed by atoms with E-state index in [9.17, 15) is 10.2 Å². The van der Waals surface area contributed by atoms with Crippen molar-refractivity contribution in [2.24, 2.45) is 0 Å². The van der Waals surface area contributed by atoms with Crippen LogP contribution in [-0.2, 0) is 6.42 Å².